The smallest absolute Gasteiger partial charge is 0.243 e. The van der Waals surface area contributed by atoms with E-state index in [4.69, 9.17) is 4.52 Å². The van der Waals surface area contributed by atoms with Gasteiger partial charge in [0.2, 0.25) is 11.8 Å². The average molecular weight is 844 g/mol. The number of rotatable bonds is 11. The topological polar surface area (TPSA) is 158 Å². The summed E-state index contributed by atoms with van der Waals surface area (Å²) in [6, 6.07) is 18.3. The number of thiazole rings is 1. The second kappa shape index (κ2) is 15.1. The van der Waals surface area contributed by atoms with Gasteiger partial charge in [-0.05, 0) is 92.2 Å². The van der Waals surface area contributed by atoms with Crippen LogP contribution in [0, 0.1) is 18.3 Å². The first kappa shape index (κ1) is 39.0. The number of aromatic hydroxyl groups is 1. The summed E-state index contributed by atoms with van der Waals surface area (Å²) in [6.07, 6.45) is 3.97. The molecule has 6 heterocycles. The highest BCUT2D eigenvalue weighted by Crippen LogP contribution is 2.61. The van der Waals surface area contributed by atoms with E-state index in [1.165, 1.54) is 33.6 Å². The molecule has 4 aliphatic rings. The van der Waals surface area contributed by atoms with Crippen LogP contribution >= 0.6 is 22.7 Å². The maximum absolute atomic E-state index is 14.3. The van der Waals surface area contributed by atoms with Crippen LogP contribution in [-0.2, 0) is 9.59 Å². The van der Waals surface area contributed by atoms with Gasteiger partial charge in [0.1, 0.15) is 22.5 Å². The number of thiophene rings is 1. The number of anilines is 1. The fourth-order valence-corrected chi connectivity index (χ4v) is 12.0. The summed E-state index contributed by atoms with van der Waals surface area (Å²) >= 11 is 3.39. The van der Waals surface area contributed by atoms with E-state index in [9.17, 15) is 19.8 Å². The zero-order chi connectivity index (χ0) is 41.4. The number of phenolic OH excluding ortho intramolecular Hbond substituents is 1. The van der Waals surface area contributed by atoms with Gasteiger partial charge in [0, 0.05) is 53.4 Å². The Bertz CT molecular complexity index is 2580. The van der Waals surface area contributed by atoms with Crippen LogP contribution in [0.3, 0.4) is 0 Å². The minimum atomic E-state index is -0.800. The number of aryl methyl sites for hydroxylation is 1. The summed E-state index contributed by atoms with van der Waals surface area (Å²) < 4.78 is 5.92. The number of phenols is 1. The normalized spacial score (nSPS) is 21.0. The lowest BCUT2D eigenvalue weighted by atomic mass is 9.57. The first-order chi connectivity index (χ1) is 28.9. The predicted octanol–water partition coefficient (Wildman–Crippen LogP) is 8.32. The van der Waals surface area contributed by atoms with E-state index in [-0.39, 0.29) is 47.9 Å². The molecule has 12 nitrogen and oxygen atoms in total. The van der Waals surface area contributed by atoms with Crippen molar-refractivity contribution < 1.29 is 24.3 Å². The molecule has 4 atom stereocenters. The molecule has 2 aromatic carbocycles. The Morgan fingerprint density at radius 2 is 1.77 bits per heavy atom. The molecule has 10 rings (SSSR count). The highest BCUT2D eigenvalue weighted by Gasteiger charge is 2.55. The molecule has 0 bridgehead atoms. The van der Waals surface area contributed by atoms with Gasteiger partial charge in [-0.25, -0.2) is 4.98 Å². The third kappa shape index (κ3) is 6.95. The zero-order valence-corrected chi connectivity index (χ0v) is 35.8. The second-order valence-electron chi connectivity index (χ2n) is 17.9. The van der Waals surface area contributed by atoms with Crippen molar-refractivity contribution >= 4 is 50.5 Å². The van der Waals surface area contributed by atoms with Gasteiger partial charge in [0.25, 0.3) is 0 Å². The van der Waals surface area contributed by atoms with E-state index in [0.717, 1.165) is 58.3 Å². The lowest BCUT2D eigenvalue weighted by Crippen LogP contribution is -2.62. The summed E-state index contributed by atoms with van der Waals surface area (Å²) in [5.41, 5.74) is 7.91. The van der Waals surface area contributed by atoms with Crippen molar-refractivity contribution in [1.82, 2.24) is 30.6 Å². The van der Waals surface area contributed by atoms with Crippen molar-refractivity contribution in [2.45, 2.75) is 95.7 Å². The first-order valence-electron chi connectivity index (χ1n) is 21.0. The average Bonchev–Trinajstić information content (AvgIpc) is 3.49. The molecule has 1 spiro atoms. The molecule has 60 heavy (non-hydrogen) atoms. The van der Waals surface area contributed by atoms with E-state index >= 15 is 0 Å². The van der Waals surface area contributed by atoms with Gasteiger partial charge in [-0.1, -0.05) is 55.4 Å². The van der Waals surface area contributed by atoms with Crippen LogP contribution in [0.15, 0.2) is 70.7 Å². The van der Waals surface area contributed by atoms with Crippen molar-refractivity contribution in [3.63, 3.8) is 0 Å². The van der Waals surface area contributed by atoms with E-state index < -0.39 is 18.1 Å². The quantitative estimate of drug-likeness (QED) is 0.116. The van der Waals surface area contributed by atoms with Gasteiger partial charge < -0.3 is 29.9 Å². The Kier molecular flexibility index (Phi) is 9.79. The number of carbonyl (C=O) groups is 2. The number of amides is 2. The molecule has 2 aliphatic carbocycles. The number of para-hydroxylation sites is 1. The number of likely N-dealkylation sites (tertiary alicyclic amines) is 1. The van der Waals surface area contributed by atoms with Crippen molar-refractivity contribution in [2.75, 3.05) is 24.5 Å². The van der Waals surface area contributed by atoms with Crippen LogP contribution in [0.4, 0.5) is 5.82 Å². The number of carbonyl (C=O) groups excluding carboxylic acids is 2. The minimum Gasteiger partial charge on any atom is -0.507 e. The molecular formula is C46H49N7O5S2. The second-order valence-corrected chi connectivity index (χ2v) is 19.8. The van der Waals surface area contributed by atoms with Crippen molar-refractivity contribution in [1.29, 1.82) is 0 Å². The van der Waals surface area contributed by atoms with E-state index in [2.05, 4.69) is 36.6 Å². The third-order valence-corrected chi connectivity index (χ3v) is 15.4. The van der Waals surface area contributed by atoms with E-state index in [1.807, 2.05) is 81.7 Å². The number of nitrogens with zero attached hydrogens (tertiary/aromatic N) is 6. The zero-order valence-electron chi connectivity index (χ0n) is 34.2. The van der Waals surface area contributed by atoms with E-state index in [1.54, 1.807) is 28.7 Å². The molecule has 0 radical (unpaired) electrons. The lowest BCUT2D eigenvalue weighted by Gasteiger charge is -2.59. The molecule has 4 fully saturated rings. The number of fused-ring (bicyclic) bond motifs is 1. The van der Waals surface area contributed by atoms with Crippen molar-refractivity contribution in [2.24, 2.45) is 11.3 Å². The lowest BCUT2D eigenvalue weighted by molar-refractivity contribution is -0.141. The molecule has 3 N–H and O–H groups in total. The van der Waals surface area contributed by atoms with Crippen LogP contribution < -0.4 is 10.2 Å². The Morgan fingerprint density at radius 1 is 1.00 bits per heavy atom. The molecular weight excluding hydrogens is 795 g/mol. The molecule has 14 heteroatoms. The molecule has 4 aromatic heterocycles. The van der Waals surface area contributed by atoms with Crippen molar-refractivity contribution in [3.8, 4) is 27.4 Å². The van der Waals surface area contributed by atoms with Gasteiger partial charge >= 0.3 is 0 Å². The number of hydrogen-bond donors (Lipinski definition) is 3. The molecule has 2 unspecified atom stereocenters. The van der Waals surface area contributed by atoms with Gasteiger partial charge in [0.05, 0.1) is 33.9 Å². The van der Waals surface area contributed by atoms with Crippen LogP contribution in [0.1, 0.15) is 104 Å². The molecule has 310 valence electrons. The van der Waals surface area contributed by atoms with Crippen LogP contribution in [0.5, 0.6) is 5.75 Å². The number of aliphatic hydroxyl groups excluding tert-OH is 1. The largest absolute Gasteiger partial charge is 0.507 e. The van der Waals surface area contributed by atoms with E-state index in [0.29, 0.717) is 28.9 Å². The van der Waals surface area contributed by atoms with Gasteiger partial charge in [-0.15, -0.1) is 32.9 Å². The number of hydrogen-bond acceptors (Lipinski definition) is 12. The molecule has 2 amide bonds. The Labute approximate surface area is 356 Å². The third-order valence-electron chi connectivity index (χ3n) is 13.2. The predicted molar refractivity (Wildman–Crippen MR) is 232 cm³/mol. The Hall–Kier alpha value is -5.18. The fraction of sp³-hybridized carbons (Fsp3) is 0.435. The summed E-state index contributed by atoms with van der Waals surface area (Å²) in [7, 11) is 0. The number of aromatic nitrogens is 4. The van der Waals surface area contributed by atoms with Crippen LogP contribution in [-0.4, -0.2) is 79.0 Å². The fourth-order valence-electron chi connectivity index (χ4n) is 9.90. The minimum absolute atomic E-state index is 0.0842. The molecule has 6 aromatic rings. The molecule has 2 saturated heterocycles. The highest BCUT2D eigenvalue weighted by molar-refractivity contribution is 7.19. The monoisotopic (exact) mass is 843 g/mol. The highest BCUT2D eigenvalue weighted by atomic mass is 32.1. The Balaban J connectivity index is 0.787. The van der Waals surface area contributed by atoms with Gasteiger partial charge in [-0.3, -0.25) is 9.59 Å². The number of benzene rings is 2. The standard InChI is InChI=1S/C46H49N7O5S2/c1-24(2)39(45(57)53-20-31(54)15-35(53)43(56)48-25(3)27-9-13-29(14-10-27)41-26(4)47-23-59-41)37-17-38(51-58-37)52-21-46(22-52)18-30(19-46)42-40(28-11-12-28)33-16-34(49-50-44(33)60-42)32-7-5-6-8-36(32)55/h5-10,13-14,16-17,23-25,28,30-31,35,39,54-55H,11-12,15,18-22H2,1-4H3,(H,48,56)/t25?,31-,35+,39?/m1/s1. The molecule has 2 saturated carbocycles. The summed E-state index contributed by atoms with van der Waals surface area (Å²) in [6.45, 7) is 9.71. The van der Waals surface area contributed by atoms with Crippen LogP contribution in [0.25, 0.3) is 31.9 Å². The molecule has 2 aliphatic heterocycles. The first-order valence-corrected chi connectivity index (χ1v) is 22.7. The number of aliphatic hydroxyl groups is 1. The summed E-state index contributed by atoms with van der Waals surface area (Å²) in [5.74, 6) is 1.15. The van der Waals surface area contributed by atoms with Gasteiger partial charge in [0.15, 0.2) is 11.6 Å². The Morgan fingerprint density at radius 3 is 2.47 bits per heavy atom. The van der Waals surface area contributed by atoms with Crippen LogP contribution in [0.2, 0.25) is 0 Å². The summed E-state index contributed by atoms with van der Waals surface area (Å²) in [4.78, 5) is 39.8. The number of nitrogens with one attached hydrogen (secondary N) is 1. The van der Waals surface area contributed by atoms with Crippen molar-refractivity contribution in [3.05, 3.63) is 93.6 Å². The number of β-amino-alcohol motifs (C(OH)–C–C–N with tert-alkyl or cyclic N) is 1. The summed E-state index contributed by atoms with van der Waals surface area (Å²) in [5, 5.41) is 39.1. The maximum Gasteiger partial charge on any atom is 0.243 e. The van der Waals surface area contributed by atoms with Gasteiger partial charge in [-0.2, -0.15) is 0 Å². The SMILES string of the molecule is Cc1ncsc1-c1ccc(C(C)NC(=O)[C@@H]2C[C@@H](O)CN2C(=O)C(c2cc(N3CC4(CC(c5sc6nnc(-c7ccccc7O)cc6c5C5CC5)C4)C3)no2)C(C)C)cc1. The maximum atomic E-state index is 14.3.